The van der Waals surface area contributed by atoms with Crippen molar-refractivity contribution in [1.82, 2.24) is 24.6 Å². The van der Waals surface area contributed by atoms with Gasteiger partial charge in [0.15, 0.2) is 0 Å². The highest BCUT2D eigenvalue weighted by Crippen LogP contribution is 2.21. The van der Waals surface area contributed by atoms with Crippen molar-refractivity contribution in [2.75, 3.05) is 26.5 Å². The molecule has 0 spiro atoms. The average molecular weight is 449 g/mol. The molecule has 0 bridgehead atoms. The summed E-state index contributed by atoms with van der Waals surface area (Å²) in [5, 5.41) is 4.07. The van der Waals surface area contributed by atoms with Gasteiger partial charge in [-0.1, -0.05) is 13.8 Å². The fraction of sp³-hybridized carbons (Fsp3) is 0.550. The van der Waals surface area contributed by atoms with Crippen LogP contribution in [0.2, 0.25) is 0 Å². The van der Waals surface area contributed by atoms with E-state index in [4.69, 9.17) is 4.74 Å². The van der Waals surface area contributed by atoms with E-state index < -0.39 is 15.6 Å². The second-order valence-electron chi connectivity index (χ2n) is 7.99. The number of methoxy groups -OCH3 is 1. The van der Waals surface area contributed by atoms with E-state index in [9.17, 15) is 13.8 Å². The summed E-state index contributed by atoms with van der Waals surface area (Å²) in [7, 11) is -1.41. The van der Waals surface area contributed by atoms with Gasteiger partial charge in [-0.15, -0.1) is 0 Å². The quantitative estimate of drug-likeness (QED) is 0.662. The Bertz CT molecular complexity index is 1070. The first-order valence-corrected chi connectivity index (χ1v) is 12.1. The minimum atomic E-state index is -2.81. The first-order valence-electron chi connectivity index (χ1n) is 10.1. The van der Waals surface area contributed by atoms with Crippen LogP contribution in [0.1, 0.15) is 47.7 Å². The maximum Gasteiger partial charge on any atom is 0.316 e. The van der Waals surface area contributed by atoms with Crippen LogP contribution in [0.5, 0.6) is 6.01 Å². The van der Waals surface area contributed by atoms with Crippen LogP contribution in [0.3, 0.4) is 0 Å². The Labute approximate surface area is 182 Å². The monoisotopic (exact) mass is 448 g/mol. The number of aromatic nitrogens is 4. The summed E-state index contributed by atoms with van der Waals surface area (Å²) in [4.78, 5) is 34.7. The number of piperidine rings is 1. The van der Waals surface area contributed by atoms with E-state index in [0.29, 0.717) is 37.5 Å². The predicted octanol–water partition coefficient (Wildman–Crippen LogP) is 1.88. The Hall–Kier alpha value is -2.82. The van der Waals surface area contributed by atoms with Gasteiger partial charge in [0.1, 0.15) is 11.4 Å². The molecule has 2 aromatic heterocycles. The van der Waals surface area contributed by atoms with Gasteiger partial charge in [0.2, 0.25) is 0 Å². The molecule has 1 unspecified atom stereocenters. The normalized spacial score (nSPS) is 16.7. The molecule has 0 aliphatic carbocycles. The molecule has 2 aromatic rings. The zero-order chi connectivity index (χ0) is 22.6. The molecule has 1 atom stereocenters. The third kappa shape index (κ3) is 5.66. The minimum Gasteiger partial charge on any atom is -0.467 e. The first-order chi connectivity index (χ1) is 14.7. The van der Waals surface area contributed by atoms with Crippen LogP contribution < -0.4 is 4.74 Å². The summed E-state index contributed by atoms with van der Waals surface area (Å²) in [6, 6.07) is 3.18. The molecule has 0 saturated carbocycles. The Balaban J connectivity index is 1.64. The fourth-order valence-electron chi connectivity index (χ4n) is 3.45. The number of likely N-dealkylation sites (tertiary alicyclic amines) is 1. The molecule has 0 radical (unpaired) electrons. The smallest absolute Gasteiger partial charge is 0.316 e. The Kier molecular flexibility index (Phi) is 7.04. The number of amides is 2. The van der Waals surface area contributed by atoms with E-state index in [1.54, 1.807) is 15.6 Å². The lowest BCUT2D eigenvalue weighted by atomic mass is 10.1. The molecule has 2 amide bonds. The van der Waals surface area contributed by atoms with Gasteiger partial charge in [0.25, 0.3) is 5.91 Å². The lowest BCUT2D eigenvalue weighted by Gasteiger charge is -2.31. The molecular weight excluding hydrogens is 420 g/mol. The topological polar surface area (TPSA) is 120 Å². The molecule has 31 heavy (non-hydrogen) atoms. The molecule has 1 fully saturated rings. The van der Waals surface area contributed by atoms with E-state index >= 15 is 0 Å². The summed E-state index contributed by atoms with van der Waals surface area (Å²) in [6.07, 6.45) is 5.68. The van der Waals surface area contributed by atoms with Crippen LogP contribution in [0.4, 0.5) is 0 Å². The average Bonchev–Trinajstić information content (AvgIpc) is 3.20. The van der Waals surface area contributed by atoms with Crippen molar-refractivity contribution >= 4 is 21.5 Å². The number of hydrogen-bond donors (Lipinski definition) is 0. The van der Waals surface area contributed by atoms with Crippen molar-refractivity contribution in [1.29, 1.82) is 0 Å². The van der Waals surface area contributed by atoms with Crippen LogP contribution in [0.25, 0.3) is 0 Å². The van der Waals surface area contributed by atoms with E-state index in [0.717, 1.165) is 6.54 Å². The number of carbonyl (C=O) groups excluding carboxylic acids is 2. The SMILES string of the molecule is COc1nccc(C(=O)N=S(C)(=O)C2CCN(C(=O)c3ccn(CC(C)C)n3)CC2)n1. The van der Waals surface area contributed by atoms with Gasteiger partial charge in [-0.05, 0) is 30.9 Å². The van der Waals surface area contributed by atoms with Gasteiger partial charge >= 0.3 is 11.9 Å². The maximum atomic E-state index is 13.2. The summed E-state index contributed by atoms with van der Waals surface area (Å²) in [5.41, 5.74) is 0.444. The van der Waals surface area contributed by atoms with Crippen molar-refractivity contribution in [3.8, 4) is 6.01 Å². The lowest BCUT2D eigenvalue weighted by Crippen LogP contribution is -2.42. The number of ether oxygens (including phenoxy) is 1. The molecule has 1 saturated heterocycles. The van der Waals surface area contributed by atoms with Gasteiger partial charge in [0.05, 0.1) is 16.8 Å². The standard InChI is InChI=1S/C20H28N6O4S/c1-14(2)13-26-12-8-17(23-26)19(28)25-10-6-15(7-11-25)31(4,29)24-18(27)16-5-9-21-20(22-16)30-3/h5,8-9,12,14-15H,6-7,10-11,13H2,1-4H3. The fourth-order valence-corrected chi connectivity index (χ4v) is 5.11. The zero-order valence-electron chi connectivity index (χ0n) is 18.2. The highest BCUT2D eigenvalue weighted by molar-refractivity contribution is 7.93. The molecular formula is C20H28N6O4S. The molecule has 3 heterocycles. The zero-order valence-corrected chi connectivity index (χ0v) is 19.0. The summed E-state index contributed by atoms with van der Waals surface area (Å²) >= 11 is 0. The van der Waals surface area contributed by atoms with E-state index in [1.165, 1.54) is 25.6 Å². The summed E-state index contributed by atoms with van der Waals surface area (Å²) in [5.74, 6) is -0.363. The molecule has 3 rings (SSSR count). The Morgan fingerprint density at radius 2 is 1.97 bits per heavy atom. The van der Waals surface area contributed by atoms with Crippen molar-refractivity contribution < 1.29 is 18.5 Å². The van der Waals surface area contributed by atoms with E-state index in [2.05, 4.69) is 33.3 Å². The van der Waals surface area contributed by atoms with Crippen molar-refractivity contribution in [3.05, 3.63) is 35.9 Å². The van der Waals surface area contributed by atoms with Crippen LogP contribution in [0, 0.1) is 5.92 Å². The van der Waals surface area contributed by atoms with Gasteiger partial charge in [-0.3, -0.25) is 14.3 Å². The molecule has 0 N–H and O–H groups in total. The molecule has 1 aliphatic rings. The van der Waals surface area contributed by atoms with Gasteiger partial charge in [-0.25, -0.2) is 9.19 Å². The second-order valence-corrected chi connectivity index (χ2v) is 10.6. The third-order valence-corrected chi connectivity index (χ3v) is 7.30. The number of nitrogens with zero attached hydrogens (tertiary/aromatic N) is 6. The number of hydrogen-bond acceptors (Lipinski definition) is 7. The van der Waals surface area contributed by atoms with Crippen molar-refractivity contribution in [2.24, 2.45) is 10.3 Å². The van der Waals surface area contributed by atoms with Crippen LogP contribution >= 0.6 is 0 Å². The van der Waals surface area contributed by atoms with Crippen LogP contribution in [-0.4, -0.2) is 72.4 Å². The number of carbonyl (C=O) groups is 2. The first kappa shape index (κ1) is 22.9. The summed E-state index contributed by atoms with van der Waals surface area (Å²) in [6.45, 7) is 5.81. The second kappa shape index (κ2) is 9.54. The molecule has 11 heteroatoms. The van der Waals surface area contributed by atoms with Crippen molar-refractivity contribution in [3.63, 3.8) is 0 Å². The van der Waals surface area contributed by atoms with Gasteiger partial charge in [0, 0.05) is 43.5 Å². The Morgan fingerprint density at radius 3 is 2.61 bits per heavy atom. The third-order valence-electron chi connectivity index (χ3n) is 5.06. The molecule has 10 nitrogen and oxygen atoms in total. The van der Waals surface area contributed by atoms with Gasteiger partial charge in [-0.2, -0.15) is 14.4 Å². The largest absolute Gasteiger partial charge is 0.467 e. The van der Waals surface area contributed by atoms with E-state index in [1.807, 2.05) is 6.20 Å². The van der Waals surface area contributed by atoms with Crippen LogP contribution in [0.15, 0.2) is 28.9 Å². The van der Waals surface area contributed by atoms with Crippen molar-refractivity contribution in [2.45, 2.75) is 38.5 Å². The predicted molar refractivity (Wildman–Crippen MR) is 115 cm³/mol. The number of rotatable bonds is 6. The lowest BCUT2D eigenvalue weighted by molar-refractivity contribution is 0.0718. The molecule has 0 aromatic carbocycles. The highest BCUT2D eigenvalue weighted by Gasteiger charge is 2.30. The molecule has 1 aliphatic heterocycles. The van der Waals surface area contributed by atoms with Crippen LogP contribution in [-0.2, 0) is 16.3 Å². The summed E-state index contributed by atoms with van der Waals surface area (Å²) < 4.78 is 23.8. The maximum absolute atomic E-state index is 13.2. The Morgan fingerprint density at radius 1 is 1.26 bits per heavy atom. The minimum absolute atomic E-state index is 0.0334. The molecule has 168 valence electrons. The highest BCUT2D eigenvalue weighted by atomic mass is 32.2. The van der Waals surface area contributed by atoms with Gasteiger partial charge < -0.3 is 9.64 Å². The van der Waals surface area contributed by atoms with E-state index in [-0.39, 0.29) is 22.9 Å².